The van der Waals surface area contributed by atoms with Crippen LogP contribution in [0.5, 0.6) is 11.5 Å². The first-order valence-corrected chi connectivity index (χ1v) is 14.1. The Balaban J connectivity index is 1.82. The van der Waals surface area contributed by atoms with Crippen molar-refractivity contribution in [1.82, 2.24) is 5.48 Å². The molecule has 0 atom stereocenters. The van der Waals surface area contributed by atoms with Gasteiger partial charge in [-0.15, -0.1) is 0 Å². The molecule has 11 heteroatoms. The summed E-state index contributed by atoms with van der Waals surface area (Å²) in [6, 6.07) is 20.2. The standard InChI is InChI=1S/C25H27NO8S2/c1-32-21-8-12-23(13-9-21)35(28,29)17-20(25(27)26-34-16-19-6-4-3-5-7-19)18-36(30,31)24-14-10-22(33-2)11-15-24/h3-15,20H,16-18H2,1-2H3,(H,26,27). The Morgan fingerprint density at radius 2 is 1.17 bits per heavy atom. The van der Waals surface area contributed by atoms with Gasteiger partial charge in [0.15, 0.2) is 19.7 Å². The molecular formula is C25H27NO8S2. The molecule has 3 aromatic carbocycles. The first-order valence-electron chi connectivity index (χ1n) is 10.8. The van der Waals surface area contributed by atoms with Gasteiger partial charge in [-0.1, -0.05) is 30.3 Å². The average Bonchev–Trinajstić information content (AvgIpc) is 2.88. The van der Waals surface area contributed by atoms with Crippen LogP contribution in [0.4, 0.5) is 0 Å². The van der Waals surface area contributed by atoms with E-state index in [4.69, 9.17) is 14.3 Å². The van der Waals surface area contributed by atoms with Crippen LogP contribution < -0.4 is 15.0 Å². The van der Waals surface area contributed by atoms with Crippen LogP contribution in [0.25, 0.3) is 0 Å². The van der Waals surface area contributed by atoms with Gasteiger partial charge < -0.3 is 9.47 Å². The van der Waals surface area contributed by atoms with Crippen molar-refractivity contribution >= 4 is 25.6 Å². The summed E-state index contributed by atoms with van der Waals surface area (Å²) < 4.78 is 62.4. The third kappa shape index (κ3) is 7.30. The normalized spacial score (nSPS) is 11.8. The van der Waals surface area contributed by atoms with Gasteiger partial charge in [-0.3, -0.25) is 9.63 Å². The number of carbonyl (C=O) groups excluding carboxylic acids is 1. The first-order chi connectivity index (χ1) is 17.1. The van der Waals surface area contributed by atoms with Crippen molar-refractivity contribution in [3.8, 4) is 11.5 Å². The second-order valence-corrected chi connectivity index (χ2v) is 11.9. The molecule has 0 aliphatic heterocycles. The molecule has 36 heavy (non-hydrogen) atoms. The van der Waals surface area contributed by atoms with Crippen LogP contribution in [0.1, 0.15) is 5.56 Å². The molecule has 1 amide bonds. The Morgan fingerprint density at radius 3 is 1.58 bits per heavy atom. The van der Waals surface area contributed by atoms with E-state index in [-0.39, 0.29) is 16.4 Å². The van der Waals surface area contributed by atoms with E-state index in [0.717, 1.165) is 5.56 Å². The molecule has 0 radical (unpaired) electrons. The molecule has 0 bridgehead atoms. The number of ether oxygens (including phenoxy) is 2. The van der Waals surface area contributed by atoms with Gasteiger partial charge in [-0.2, -0.15) is 0 Å². The SMILES string of the molecule is COc1ccc(S(=O)(=O)CC(CS(=O)(=O)c2ccc(OC)cc2)C(=O)NOCc2ccccc2)cc1. The summed E-state index contributed by atoms with van der Waals surface area (Å²) in [5.41, 5.74) is 2.98. The fourth-order valence-corrected chi connectivity index (χ4v) is 6.57. The number of hydroxylamine groups is 1. The fraction of sp³-hybridized carbons (Fsp3) is 0.240. The van der Waals surface area contributed by atoms with E-state index in [2.05, 4.69) is 5.48 Å². The number of hydrogen-bond acceptors (Lipinski definition) is 8. The van der Waals surface area contributed by atoms with Crippen molar-refractivity contribution < 1.29 is 35.9 Å². The Kier molecular flexibility index (Phi) is 9.08. The van der Waals surface area contributed by atoms with E-state index >= 15 is 0 Å². The van der Waals surface area contributed by atoms with Gasteiger partial charge in [0.05, 0.1) is 48.0 Å². The molecule has 0 saturated heterocycles. The summed E-state index contributed by atoms with van der Waals surface area (Å²) in [5.74, 6) is -2.87. The molecule has 192 valence electrons. The van der Waals surface area contributed by atoms with Crippen LogP contribution in [-0.4, -0.2) is 48.5 Å². The van der Waals surface area contributed by atoms with Gasteiger partial charge in [-0.05, 0) is 54.1 Å². The van der Waals surface area contributed by atoms with Crippen molar-refractivity contribution in [3.63, 3.8) is 0 Å². The molecule has 9 nitrogen and oxygen atoms in total. The molecule has 0 saturated carbocycles. The second kappa shape index (κ2) is 12.0. The molecule has 3 rings (SSSR count). The number of methoxy groups -OCH3 is 2. The molecule has 0 spiro atoms. The van der Waals surface area contributed by atoms with Gasteiger partial charge in [0.1, 0.15) is 11.5 Å². The van der Waals surface area contributed by atoms with Crippen LogP contribution >= 0.6 is 0 Å². The maximum atomic E-state index is 13.1. The summed E-state index contributed by atoms with van der Waals surface area (Å²) in [5, 5.41) is 0. The molecule has 0 aromatic heterocycles. The van der Waals surface area contributed by atoms with Gasteiger partial charge in [0, 0.05) is 0 Å². The molecule has 3 aromatic rings. The van der Waals surface area contributed by atoms with Crippen molar-refractivity contribution in [2.24, 2.45) is 5.92 Å². The monoisotopic (exact) mass is 533 g/mol. The lowest BCUT2D eigenvalue weighted by molar-refractivity contribution is -0.137. The molecular weight excluding hydrogens is 506 g/mol. The predicted molar refractivity (Wildman–Crippen MR) is 133 cm³/mol. The van der Waals surface area contributed by atoms with E-state index in [1.54, 1.807) is 24.3 Å². The molecule has 0 aliphatic rings. The lowest BCUT2D eigenvalue weighted by Gasteiger charge is -2.17. The van der Waals surface area contributed by atoms with E-state index in [9.17, 15) is 21.6 Å². The van der Waals surface area contributed by atoms with Crippen LogP contribution in [0, 0.1) is 5.92 Å². The van der Waals surface area contributed by atoms with Crippen molar-refractivity contribution in [3.05, 3.63) is 84.4 Å². The van der Waals surface area contributed by atoms with Crippen molar-refractivity contribution in [2.75, 3.05) is 25.7 Å². The number of nitrogens with one attached hydrogen (secondary N) is 1. The highest BCUT2D eigenvalue weighted by molar-refractivity contribution is 7.92. The summed E-state index contributed by atoms with van der Waals surface area (Å²) in [4.78, 5) is 18.1. The van der Waals surface area contributed by atoms with E-state index in [0.29, 0.717) is 11.5 Å². The Labute approximate surface area is 210 Å². The first kappa shape index (κ1) is 27.2. The second-order valence-electron chi connectivity index (χ2n) is 7.85. The number of benzene rings is 3. The topological polar surface area (TPSA) is 125 Å². The van der Waals surface area contributed by atoms with Gasteiger partial charge in [0.25, 0.3) is 0 Å². The molecule has 0 heterocycles. The zero-order chi connectivity index (χ0) is 26.2. The van der Waals surface area contributed by atoms with Gasteiger partial charge in [0.2, 0.25) is 5.91 Å². The van der Waals surface area contributed by atoms with Crippen LogP contribution in [-0.2, 0) is 35.9 Å². The Hall–Kier alpha value is -3.41. The summed E-state index contributed by atoms with van der Waals surface area (Å²) in [7, 11) is -5.16. The van der Waals surface area contributed by atoms with Gasteiger partial charge in [-0.25, -0.2) is 22.3 Å². The Bertz CT molecular complexity index is 1280. The zero-order valence-electron chi connectivity index (χ0n) is 19.8. The Morgan fingerprint density at radius 1 is 0.722 bits per heavy atom. The maximum absolute atomic E-state index is 13.1. The number of carbonyl (C=O) groups is 1. The van der Waals surface area contributed by atoms with E-state index < -0.39 is 43.0 Å². The molecule has 1 N–H and O–H groups in total. The van der Waals surface area contributed by atoms with Crippen LogP contribution in [0.2, 0.25) is 0 Å². The lowest BCUT2D eigenvalue weighted by Crippen LogP contribution is -2.38. The average molecular weight is 534 g/mol. The quantitative estimate of drug-likeness (QED) is 0.353. The predicted octanol–water partition coefficient (Wildman–Crippen LogP) is 2.82. The number of rotatable bonds is 12. The molecule has 0 aliphatic carbocycles. The maximum Gasteiger partial charge on any atom is 0.248 e. The van der Waals surface area contributed by atoms with E-state index in [1.165, 1.54) is 62.8 Å². The minimum Gasteiger partial charge on any atom is -0.497 e. The van der Waals surface area contributed by atoms with Crippen LogP contribution in [0.15, 0.2) is 88.7 Å². The summed E-state index contributed by atoms with van der Waals surface area (Å²) in [6.07, 6.45) is 0. The van der Waals surface area contributed by atoms with Crippen molar-refractivity contribution in [2.45, 2.75) is 16.4 Å². The fourth-order valence-electron chi connectivity index (χ4n) is 3.34. The van der Waals surface area contributed by atoms with Crippen LogP contribution in [0.3, 0.4) is 0 Å². The highest BCUT2D eigenvalue weighted by Crippen LogP contribution is 2.23. The minimum absolute atomic E-state index is 0.0236. The highest BCUT2D eigenvalue weighted by atomic mass is 32.2. The number of hydrogen-bond donors (Lipinski definition) is 1. The smallest absolute Gasteiger partial charge is 0.248 e. The highest BCUT2D eigenvalue weighted by Gasteiger charge is 2.32. The zero-order valence-corrected chi connectivity index (χ0v) is 21.4. The third-order valence-electron chi connectivity index (χ3n) is 5.30. The largest absolute Gasteiger partial charge is 0.497 e. The lowest BCUT2D eigenvalue weighted by atomic mass is 10.2. The van der Waals surface area contributed by atoms with Crippen molar-refractivity contribution in [1.29, 1.82) is 0 Å². The third-order valence-corrected chi connectivity index (χ3v) is 8.97. The van der Waals surface area contributed by atoms with E-state index in [1.807, 2.05) is 6.07 Å². The summed E-state index contributed by atoms with van der Waals surface area (Å²) >= 11 is 0. The van der Waals surface area contributed by atoms with Gasteiger partial charge >= 0.3 is 0 Å². The molecule has 0 fully saturated rings. The molecule has 0 unspecified atom stereocenters. The minimum atomic E-state index is -4.03. The number of sulfone groups is 2. The summed E-state index contributed by atoms with van der Waals surface area (Å²) in [6.45, 7) is 0.0236. The number of amides is 1.